The van der Waals surface area contributed by atoms with Crippen LogP contribution < -0.4 is 0 Å². The predicted molar refractivity (Wildman–Crippen MR) is 83.9 cm³/mol. The van der Waals surface area contributed by atoms with Gasteiger partial charge < -0.3 is 25.2 Å². The van der Waals surface area contributed by atoms with Crippen molar-refractivity contribution in [3.8, 4) is 0 Å². The maximum atomic E-state index is 11.2. The van der Waals surface area contributed by atoms with Crippen molar-refractivity contribution < 1.29 is 39.5 Å². The minimum absolute atomic E-state index is 0.179. The number of aliphatic carboxylic acids is 3. The van der Waals surface area contributed by atoms with Crippen LogP contribution in [0, 0.1) is 0 Å². The van der Waals surface area contributed by atoms with Gasteiger partial charge in [0.25, 0.3) is 0 Å². The molecule has 144 valence electrons. The number of nitrogens with zero attached hydrogens (tertiary/aromatic N) is 3. The van der Waals surface area contributed by atoms with Crippen molar-refractivity contribution in [2.75, 3.05) is 59.3 Å². The predicted octanol–water partition coefficient (Wildman–Crippen LogP) is -2.16. The van der Waals surface area contributed by atoms with Crippen molar-refractivity contribution in [1.82, 2.24) is 14.7 Å². The number of aliphatic hydroxyl groups excluding tert-OH is 1. The van der Waals surface area contributed by atoms with Crippen LogP contribution in [0.15, 0.2) is 0 Å². The van der Waals surface area contributed by atoms with E-state index in [-0.39, 0.29) is 32.9 Å². The molecule has 0 amide bonds. The Balaban J connectivity index is 3.06. The topological polar surface area (TPSA) is 151 Å². The van der Waals surface area contributed by atoms with Gasteiger partial charge in [0, 0.05) is 31.7 Å². The van der Waals surface area contributed by atoms with Gasteiger partial charge in [-0.2, -0.15) is 0 Å². The summed E-state index contributed by atoms with van der Waals surface area (Å²) in [4.78, 5) is 38.0. The molecule has 0 aromatic heterocycles. The molecule has 1 rings (SSSR count). The zero-order valence-corrected chi connectivity index (χ0v) is 14.1. The van der Waals surface area contributed by atoms with E-state index in [0.29, 0.717) is 13.1 Å². The maximum absolute atomic E-state index is 11.2. The smallest absolute Gasteiger partial charge is 0.317 e. The Morgan fingerprint density at radius 3 is 1.84 bits per heavy atom. The Hall–Kier alpha value is -1.79. The van der Waals surface area contributed by atoms with Crippen molar-refractivity contribution in [2.45, 2.75) is 12.5 Å². The summed E-state index contributed by atoms with van der Waals surface area (Å²) in [6.07, 6.45) is 0. The highest BCUT2D eigenvalue weighted by Gasteiger charge is 2.39. The highest BCUT2D eigenvalue weighted by atomic mass is 16.6. The van der Waals surface area contributed by atoms with Crippen LogP contribution in [0.4, 0.5) is 0 Å². The summed E-state index contributed by atoms with van der Waals surface area (Å²) < 4.78 is 4.94. The van der Waals surface area contributed by atoms with Crippen LogP contribution in [-0.2, 0) is 19.1 Å². The average Bonchev–Trinajstić information content (AvgIpc) is 2.61. The number of carboxylic acids is 3. The van der Waals surface area contributed by atoms with Gasteiger partial charge in [0.05, 0.1) is 19.6 Å². The van der Waals surface area contributed by atoms with Crippen LogP contribution in [0.3, 0.4) is 0 Å². The lowest BCUT2D eigenvalue weighted by molar-refractivity contribution is -0.148. The van der Waals surface area contributed by atoms with E-state index in [1.165, 1.54) is 4.90 Å². The monoisotopic (exact) mass is 363 g/mol. The molecule has 11 nitrogen and oxygen atoms in total. The van der Waals surface area contributed by atoms with Crippen LogP contribution in [0.25, 0.3) is 0 Å². The van der Waals surface area contributed by atoms with Gasteiger partial charge >= 0.3 is 17.9 Å². The van der Waals surface area contributed by atoms with E-state index in [1.807, 2.05) is 0 Å². The lowest BCUT2D eigenvalue weighted by atomic mass is 9.98. The molecule has 1 aliphatic heterocycles. The van der Waals surface area contributed by atoms with Crippen molar-refractivity contribution >= 4 is 17.9 Å². The second kappa shape index (κ2) is 9.63. The minimum Gasteiger partial charge on any atom is -0.480 e. The Morgan fingerprint density at radius 2 is 1.48 bits per heavy atom. The van der Waals surface area contributed by atoms with E-state index >= 15 is 0 Å². The third kappa shape index (κ3) is 7.32. The summed E-state index contributed by atoms with van der Waals surface area (Å²) in [6.45, 7) is 1.22. The first-order valence-corrected chi connectivity index (χ1v) is 7.70. The molecule has 0 aromatic rings. The molecule has 1 fully saturated rings. The molecular weight excluding hydrogens is 338 g/mol. The molecule has 1 saturated heterocycles. The van der Waals surface area contributed by atoms with E-state index in [2.05, 4.69) is 0 Å². The first-order chi connectivity index (χ1) is 11.7. The first kappa shape index (κ1) is 21.3. The highest BCUT2D eigenvalue weighted by Crippen LogP contribution is 2.22. The summed E-state index contributed by atoms with van der Waals surface area (Å²) >= 11 is 0. The summed E-state index contributed by atoms with van der Waals surface area (Å²) in [5.74, 6) is -3.16. The van der Waals surface area contributed by atoms with Gasteiger partial charge in [-0.1, -0.05) is 0 Å². The largest absolute Gasteiger partial charge is 0.480 e. The van der Waals surface area contributed by atoms with Gasteiger partial charge in [0.2, 0.25) is 0 Å². The second-order valence-corrected chi connectivity index (χ2v) is 6.26. The Kier molecular flexibility index (Phi) is 8.19. The molecule has 25 heavy (non-hydrogen) atoms. The van der Waals surface area contributed by atoms with Gasteiger partial charge in [-0.05, 0) is 6.92 Å². The first-order valence-electron chi connectivity index (χ1n) is 7.70. The Labute approximate surface area is 145 Å². The van der Waals surface area contributed by atoms with Gasteiger partial charge in [0.15, 0.2) is 0 Å². The molecule has 0 bridgehead atoms. The Morgan fingerprint density at radius 1 is 1.00 bits per heavy atom. The molecule has 0 radical (unpaired) electrons. The van der Waals surface area contributed by atoms with E-state index in [0.717, 1.165) is 0 Å². The fraction of sp³-hybridized carbons (Fsp3) is 0.786. The standard InChI is InChI=1S/C14H25N3O8/c1-14(17(6-13(23)24)9-25-10-18)7-15(4-11(19)20)2-3-16(8-14)5-12(21)22/h18H,2-10H2,1H3,(H,19,20)(H,21,22)(H,23,24). The number of carbonyl (C=O) groups is 3. The molecule has 4 N–H and O–H groups in total. The number of ether oxygens (including phenoxy) is 1. The molecule has 1 aliphatic rings. The van der Waals surface area contributed by atoms with Crippen LogP contribution >= 0.6 is 0 Å². The van der Waals surface area contributed by atoms with Gasteiger partial charge in [-0.15, -0.1) is 0 Å². The van der Waals surface area contributed by atoms with Crippen molar-refractivity contribution in [3.05, 3.63) is 0 Å². The fourth-order valence-electron chi connectivity index (χ4n) is 3.01. The molecule has 0 spiro atoms. The summed E-state index contributed by atoms with van der Waals surface area (Å²) in [6, 6.07) is 0. The van der Waals surface area contributed by atoms with Crippen LogP contribution in [0.5, 0.6) is 0 Å². The maximum Gasteiger partial charge on any atom is 0.317 e. The number of aliphatic hydroxyl groups is 1. The number of hydrogen-bond acceptors (Lipinski definition) is 8. The zero-order chi connectivity index (χ0) is 19.0. The van der Waals surface area contributed by atoms with Crippen molar-refractivity contribution in [1.29, 1.82) is 0 Å². The molecule has 1 heterocycles. The van der Waals surface area contributed by atoms with Gasteiger partial charge in [-0.25, -0.2) is 0 Å². The summed E-state index contributed by atoms with van der Waals surface area (Å²) in [7, 11) is 0. The van der Waals surface area contributed by atoms with E-state index in [1.54, 1.807) is 16.7 Å². The van der Waals surface area contributed by atoms with Crippen molar-refractivity contribution in [3.63, 3.8) is 0 Å². The Bertz CT molecular complexity index is 461. The van der Waals surface area contributed by atoms with E-state index in [4.69, 9.17) is 25.2 Å². The van der Waals surface area contributed by atoms with Crippen LogP contribution in [-0.4, -0.2) is 118 Å². The van der Waals surface area contributed by atoms with Gasteiger partial charge in [0.1, 0.15) is 13.5 Å². The average molecular weight is 363 g/mol. The highest BCUT2D eigenvalue weighted by molar-refractivity contribution is 5.70. The quantitative estimate of drug-likeness (QED) is 0.314. The second-order valence-electron chi connectivity index (χ2n) is 6.26. The molecular formula is C14H25N3O8. The van der Waals surface area contributed by atoms with E-state index < -0.39 is 36.8 Å². The third-order valence-corrected chi connectivity index (χ3v) is 4.01. The minimum atomic E-state index is -1.11. The summed E-state index contributed by atoms with van der Waals surface area (Å²) in [5.41, 5.74) is -0.880. The molecule has 0 unspecified atom stereocenters. The van der Waals surface area contributed by atoms with Crippen LogP contribution in [0.2, 0.25) is 0 Å². The molecule has 0 aliphatic carbocycles. The molecule has 0 aromatic carbocycles. The van der Waals surface area contributed by atoms with Gasteiger partial charge in [-0.3, -0.25) is 29.1 Å². The lowest BCUT2D eigenvalue weighted by Crippen LogP contribution is -2.59. The normalized spacial score (nSPS) is 18.8. The fourth-order valence-corrected chi connectivity index (χ4v) is 3.01. The number of carboxylic acid groups (broad SMARTS) is 3. The molecule has 11 heteroatoms. The molecule has 0 saturated carbocycles. The number of rotatable bonds is 10. The third-order valence-electron chi connectivity index (χ3n) is 4.01. The van der Waals surface area contributed by atoms with E-state index in [9.17, 15) is 14.4 Å². The summed E-state index contributed by atoms with van der Waals surface area (Å²) in [5, 5.41) is 36.1. The van der Waals surface area contributed by atoms with Crippen molar-refractivity contribution in [2.24, 2.45) is 0 Å². The zero-order valence-electron chi connectivity index (χ0n) is 14.1. The SMILES string of the molecule is CC1(N(COCO)CC(=O)O)CN(CC(=O)O)CCN(CC(=O)O)C1. The molecule has 0 atom stereocenters. The lowest BCUT2D eigenvalue weighted by Gasteiger charge is -2.42. The van der Waals surface area contributed by atoms with Crippen LogP contribution in [0.1, 0.15) is 6.92 Å². The number of hydrogen-bond donors (Lipinski definition) is 4.